The second-order valence-electron chi connectivity index (χ2n) is 4.28. The first-order valence-electron chi connectivity index (χ1n) is 5.54. The first-order chi connectivity index (χ1) is 7.44. The molecule has 0 saturated carbocycles. The van der Waals surface area contributed by atoms with Gasteiger partial charge >= 0.3 is 8.56 Å². The zero-order chi connectivity index (χ0) is 12.2. The molecule has 2 nitrogen and oxygen atoms in total. The molecule has 0 spiro atoms. The third-order valence-electron chi connectivity index (χ3n) is 2.10. The van der Waals surface area contributed by atoms with Crippen LogP contribution >= 0.6 is 11.6 Å². The molecule has 0 saturated heterocycles. The molecule has 0 aromatic heterocycles. The van der Waals surface area contributed by atoms with Crippen molar-refractivity contribution < 1.29 is 8.85 Å². The fraction of sp³-hybridized carbons (Fsp3) is 0.500. The van der Waals surface area contributed by atoms with Crippen LogP contribution in [0.2, 0.25) is 18.1 Å². The van der Waals surface area contributed by atoms with Gasteiger partial charge in [0.1, 0.15) is 5.75 Å². The third-order valence-corrected chi connectivity index (χ3v) is 4.02. The van der Waals surface area contributed by atoms with Crippen LogP contribution in [-0.2, 0) is 4.43 Å². The number of benzene rings is 1. The van der Waals surface area contributed by atoms with Crippen LogP contribution in [0.5, 0.6) is 5.75 Å². The van der Waals surface area contributed by atoms with E-state index in [2.05, 4.69) is 6.92 Å². The highest BCUT2D eigenvalue weighted by molar-refractivity contribution is 6.65. The van der Waals surface area contributed by atoms with Gasteiger partial charge in [0.25, 0.3) is 0 Å². The van der Waals surface area contributed by atoms with Crippen molar-refractivity contribution in [3.05, 3.63) is 28.8 Å². The van der Waals surface area contributed by atoms with Crippen molar-refractivity contribution in [2.45, 2.75) is 33.4 Å². The summed E-state index contributed by atoms with van der Waals surface area (Å²) < 4.78 is 11.6. The third kappa shape index (κ3) is 4.16. The molecule has 0 N–H and O–H groups in total. The van der Waals surface area contributed by atoms with Gasteiger partial charge in [0.05, 0.1) is 5.02 Å². The number of hydrogen-bond donors (Lipinski definition) is 0. The molecule has 0 heterocycles. The van der Waals surface area contributed by atoms with E-state index in [1.54, 1.807) is 0 Å². The monoisotopic (exact) mass is 258 g/mol. The van der Waals surface area contributed by atoms with Crippen LogP contribution in [0.1, 0.15) is 18.9 Å². The average Bonchev–Trinajstić information content (AvgIpc) is 2.20. The van der Waals surface area contributed by atoms with Gasteiger partial charge < -0.3 is 8.85 Å². The van der Waals surface area contributed by atoms with E-state index in [9.17, 15) is 0 Å². The first-order valence-corrected chi connectivity index (χ1v) is 8.73. The summed E-state index contributed by atoms with van der Waals surface area (Å²) in [6.45, 7) is 8.90. The molecule has 1 rings (SSSR count). The lowest BCUT2D eigenvalue weighted by atomic mass is 10.2. The molecular weight excluding hydrogens is 240 g/mol. The van der Waals surface area contributed by atoms with E-state index in [0.29, 0.717) is 5.02 Å². The van der Waals surface area contributed by atoms with Crippen molar-refractivity contribution in [1.82, 2.24) is 0 Å². The quantitative estimate of drug-likeness (QED) is 0.739. The van der Waals surface area contributed by atoms with Crippen molar-refractivity contribution >= 4 is 20.2 Å². The molecule has 0 bridgehead atoms. The molecule has 4 heteroatoms. The largest absolute Gasteiger partial charge is 0.519 e. The fourth-order valence-corrected chi connectivity index (χ4v) is 3.00. The highest BCUT2D eigenvalue weighted by Gasteiger charge is 2.27. The van der Waals surface area contributed by atoms with Gasteiger partial charge in [-0.25, -0.2) is 0 Å². The van der Waals surface area contributed by atoms with Gasteiger partial charge in [0.15, 0.2) is 0 Å². The minimum atomic E-state index is -2.10. The van der Waals surface area contributed by atoms with E-state index in [1.807, 2.05) is 38.2 Å². The molecule has 0 fully saturated rings. The predicted molar refractivity (Wildman–Crippen MR) is 70.5 cm³/mol. The summed E-state index contributed by atoms with van der Waals surface area (Å²) >= 11 is 6.08. The van der Waals surface area contributed by atoms with Gasteiger partial charge in [-0.05, 0) is 44.1 Å². The molecule has 0 aliphatic heterocycles. The van der Waals surface area contributed by atoms with Gasteiger partial charge in [-0.3, -0.25) is 0 Å². The SMILES string of the molecule is CCCO[Si](C)(C)Oc1cc(C)ccc1Cl. The van der Waals surface area contributed by atoms with Crippen LogP contribution in [0.3, 0.4) is 0 Å². The minimum absolute atomic E-state index is 0.645. The van der Waals surface area contributed by atoms with E-state index in [4.69, 9.17) is 20.5 Å². The summed E-state index contributed by atoms with van der Waals surface area (Å²) in [5.41, 5.74) is 1.14. The summed E-state index contributed by atoms with van der Waals surface area (Å²) in [7, 11) is -2.10. The van der Waals surface area contributed by atoms with Gasteiger partial charge in [0, 0.05) is 6.61 Å². The van der Waals surface area contributed by atoms with Crippen molar-refractivity contribution in [3.63, 3.8) is 0 Å². The Labute approximate surface area is 104 Å². The van der Waals surface area contributed by atoms with Crippen LogP contribution in [0.25, 0.3) is 0 Å². The summed E-state index contributed by atoms with van der Waals surface area (Å²) in [5, 5.41) is 0.645. The second kappa shape index (κ2) is 5.71. The average molecular weight is 259 g/mol. The van der Waals surface area contributed by atoms with Gasteiger partial charge in [-0.15, -0.1) is 0 Å². The molecule has 0 atom stereocenters. The molecule has 0 radical (unpaired) electrons. The summed E-state index contributed by atoms with van der Waals surface area (Å²) in [6, 6.07) is 5.78. The Hall–Kier alpha value is -0.513. The minimum Gasteiger partial charge on any atom is -0.519 e. The lowest BCUT2D eigenvalue weighted by molar-refractivity contribution is 0.248. The molecule has 0 aliphatic rings. The van der Waals surface area contributed by atoms with E-state index in [-0.39, 0.29) is 0 Å². The lowest BCUT2D eigenvalue weighted by Crippen LogP contribution is -2.38. The van der Waals surface area contributed by atoms with Crippen molar-refractivity contribution in [1.29, 1.82) is 0 Å². The maximum absolute atomic E-state index is 6.08. The molecule has 90 valence electrons. The Morgan fingerprint density at radius 2 is 2.00 bits per heavy atom. The van der Waals surface area contributed by atoms with Crippen molar-refractivity contribution in [2.75, 3.05) is 6.61 Å². The topological polar surface area (TPSA) is 18.5 Å². The Balaban J connectivity index is 2.74. The molecular formula is C12H19ClO2Si. The van der Waals surface area contributed by atoms with Gasteiger partial charge in [-0.1, -0.05) is 24.6 Å². The fourth-order valence-electron chi connectivity index (χ4n) is 1.33. The van der Waals surface area contributed by atoms with E-state index < -0.39 is 8.56 Å². The zero-order valence-corrected chi connectivity index (χ0v) is 12.1. The summed E-state index contributed by atoms with van der Waals surface area (Å²) in [6.07, 6.45) is 1.00. The Morgan fingerprint density at radius 1 is 1.31 bits per heavy atom. The maximum Gasteiger partial charge on any atom is 0.392 e. The standard InChI is InChI=1S/C12H19ClO2Si/c1-5-8-14-16(3,4)15-12-9-10(2)6-7-11(12)13/h6-7,9H,5,8H2,1-4H3. The molecule has 16 heavy (non-hydrogen) atoms. The Bertz CT molecular complexity index is 353. The van der Waals surface area contributed by atoms with Crippen molar-refractivity contribution in [3.8, 4) is 5.75 Å². The van der Waals surface area contributed by atoms with E-state index >= 15 is 0 Å². The lowest BCUT2D eigenvalue weighted by Gasteiger charge is -2.24. The maximum atomic E-state index is 6.08. The van der Waals surface area contributed by atoms with Crippen molar-refractivity contribution in [2.24, 2.45) is 0 Å². The molecule has 0 unspecified atom stereocenters. The molecule has 0 aliphatic carbocycles. The molecule has 1 aromatic carbocycles. The number of halogens is 1. The second-order valence-corrected chi connectivity index (χ2v) is 7.98. The van der Waals surface area contributed by atoms with Crippen LogP contribution in [0.15, 0.2) is 18.2 Å². The number of hydrogen-bond acceptors (Lipinski definition) is 2. The first kappa shape index (κ1) is 13.6. The normalized spacial score (nSPS) is 11.6. The highest BCUT2D eigenvalue weighted by atomic mass is 35.5. The number of rotatable bonds is 5. The number of aryl methyl sites for hydroxylation is 1. The smallest absolute Gasteiger partial charge is 0.392 e. The van der Waals surface area contributed by atoms with Crippen LogP contribution in [0, 0.1) is 6.92 Å². The Kier molecular flexibility index (Phi) is 4.83. The molecule has 0 amide bonds. The van der Waals surface area contributed by atoms with E-state index in [1.165, 1.54) is 0 Å². The predicted octanol–water partition coefficient (Wildman–Crippen LogP) is 4.16. The Morgan fingerprint density at radius 3 is 2.62 bits per heavy atom. The van der Waals surface area contributed by atoms with Gasteiger partial charge in [-0.2, -0.15) is 0 Å². The van der Waals surface area contributed by atoms with Crippen LogP contribution in [0.4, 0.5) is 0 Å². The summed E-state index contributed by atoms with van der Waals surface area (Å²) in [4.78, 5) is 0. The van der Waals surface area contributed by atoms with Crippen LogP contribution in [-0.4, -0.2) is 15.2 Å². The molecule has 1 aromatic rings. The van der Waals surface area contributed by atoms with Crippen LogP contribution < -0.4 is 4.43 Å². The highest BCUT2D eigenvalue weighted by Crippen LogP contribution is 2.28. The van der Waals surface area contributed by atoms with Gasteiger partial charge in [0.2, 0.25) is 0 Å². The summed E-state index contributed by atoms with van der Waals surface area (Å²) in [5.74, 6) is 0.731. The zero-order valence-electron chi connectivity index (χ0n) is 10.3. The van der Waals surface area contributed by atoms with E-state index in [0.717, 1.165) is 24.3 Å².